The second kappa shape index (κ2) is 6.42. The van der Waals surface area contributed by atoms with Crippen molar-refractivity contribution in [2.45, 2.75) is 19.3 Å². The van der Waals surface area contributed by atoms with E-state index in [-0.39, 0.29) is 6.03 Å². The van der Waals surface area contributed by atoms with Gasteiger partial charge in [0.1, 0.15) is 0 Å². The molecular weight excluding hydrogens is 342 g/mol. The zero-order valence-corrected chi connectivity index (χ0v) is 14.5. The van der Waals surface area contributed by atoms with Gasteiger partial charge >= 0.3 is 6.03 Å². The molecular formula is C18H16ClN3OS. The Morgan fingerprint density at radius 3 is 3.00 bits per heavy atom. The number of thiazole rings is 1. The predicted molar refractivity (Wildman–Crippen MR) is 100 cm³/mol. The first-order valence-corrected chi connectivity index (χ1v) is 9.13. The van der Waals surface area contributed by atoms with E-state index < -0.39 is 0 Å². The summed E-state index contributed by atoms with van der Waals surface area (Å²) in [6, 6.07) is 13.5. The number of nitrogens with one attached hydrogen (secondary N) is 1. The summed E-state index contributed by atoms with van der Waals surface area (Å²) in [6.45, 7) is 0.722. The van der Waals surface area contributed by atoms with Crippen LogP contribution in [0.1, 0.15) is 18.4 Å². The fraction of sp³-hybridized carbons (Fsp3) is 0.222. The summed E-state index contributed by atoms with van der Waals surface area (Å²) in [5, 5.41) is 4.21. The van der Waals surface area contributed by atoms with Gasteiger partial charge in [-0.2, -0.15) is 0 Å². The molecule has 0 spiro atoms. The van der Waals surface area contributed by atoms with Crippen molar-refractivity contribution in [1.82, 2.24) is 4.98 Å². The summed E-state index contributed by atoms with van der Waals surface area (Å²) in [6.07, 6.45) is 3.11. The lowest BCUT2D eigenvalue weighted by molar-refractivity contribution is 0.257. The molecule has 1 aliphatic rings. The Morgan fingerprint density at radius 2 is 2.08 bits per heavy atom. The van der Waals surface area contributed by atoms with Crippen LogP contribution in [-0.4, -0.2) is 17.6 Å². The van der Waals surface area contributed by atoms with Gasteiger partial charge in [-0.15, -0.1) is 0 Å². The molecule has 6 heteroatoms. The lowest BCUT2D eigenvalue weighted by Gasteiger charge is -2.22. The third kappa shape index (κ3) is 2.97. The molecule has 0 unspecified atom stereocenters. The lowest BCUT2D eigenvalue weighted by Crippen LogP contribution is -2.35. The van der Waals surface area contributed by atoms with Gasteiger partial charge in [0.05, 0.1) is 10.2 Å². The van der Waals surface area contributed by atoms with Crippen LogP contribution in [0, 0.1) is 0 Å². The normalized spacial score (nSPS) is 14.3. The number of aryl methyl sites for hydroxylation is 1. The highest BCUT2D eigenvalue weighted by Gasteiger charge is 2.21. The van der Waals surface area contributed by atoms with Gasteiger partial charge in [-0.3, -0.25) is 10.2 Å². The maximum Gasteiger partial charge on any atom is 0.328 e. The molecule has 0 radical (unpaired) electrons. The van der Waals surface area contributed by atoms with E-state index in [0.29, 0.717) is 10.2 Å². The number of hydrogen-bond acceptors (Lipinski definition) is 3. The fourth-order valence-electron chi connectivity index (χ4n) is 3.01. The van der Waals surface area contributed by atoms with Crippen molar-refractivity contribution in [3.63, 3.8) is 0 Å². The number of nitrogens with zero attached hydrogens (tertiary/aromatic N) is 2. The minimum absolute atomic E-state index is 0.130. The van der Waals surface area contributed by atoms with Crippen LogP contribution in [0.15, 0.2) is 42.5 Å². The van der Waals surface area contributed by atoms with Crippen LogP contribution in [0.2, 0.25) is 5.02 Å². The number of aromatic nitrogens is 1. The number of fused-ring (bicyclic) bond motifs is 2. The second-order valence-corrected chi connectivity index (χ2v) is 7.27. The number of carbonyl (C=O) groups excluding carboxylic acids is 1. The number of hydrogen-bond donors (Lipinski definition) is 1. The minimum atomic E-state index is -0.130. The Bertz CT molecular complexity index is 908. The lowest BCUT2D eigenvalue weighted by atomic mass is 10.1. The van der Waals surface area contributed by atoms with Gasteiger partial charge in [0.15, 0.2) is 5.13 Å². The van der Waals surface area contributed by atoms with Crippen LogP contribution in [0.4, 0.5) is 15.6 Å². The number of halogens is 1. The summed E-state index contributed by atoms with van der Waals surface area (Å²) < 4.78 is 0.967. The van der Waals surface area contributed by atoms with Crippen LogP contribution in [0.25, 0.3) is 10.2 Å². The van der Waals surface area contributed by atoms with E-state index in [0.717, 1.165) is 41.7 Å². The van der Waals surface area contributed by atoms with Gasteiger partial charge < -0.3 is 0 Å². The maximum absolute atomic E-state index is 12.8. The number of rotatable bonds is 1. The highest BCUT2D eigenvalue weighted by atomic mass is 35.5. The summed E-state index contributed by atoms with van der Waals surface area (Å²) in [5.74, 6) is 0. The first-order chi connectivity index (χ1) is 11.7. The summed E-state index contributed by atoms with van der Waals surface area (Å²) in [4.78, 5) is 19.1. The van der Waals surface area contributed by atoms with Crippen LogP contribution < -0.4 is 10.2 Å². The van der Waals surface area contributed by atoms with E-state index in [1.807, 2.05) is 35.2 Å². The largest absolute Gasteiger partial charge is 0.328 e. The first-order valence-electron chi connectivity index (χ1n) is 7.93. The van der Waals surface area contributed by atoms with E-state index in [1.165, 1.54) is 16.9 Å². The molecule has 122 valence electrons. The van der Waals surface area contributed by atoms with Gasteiger partial charge in [0.2, 0.25) is 0 Å². The number of carbonyl (C=O) groups is 1. The van der Waals surface area contributed by atoms with E-state index in [4.69, 9.17) is 11.6 Å². The van der Waals surface area contributed by atoms with Gasteiger partial charge in [0, 0.05) is 17.3 Å². The molecule has 24 heavy (non-hydrogen) atoms. The van der Waals surface area contributed by atoms with E-state index in [9.17, 15) is 4.79 Å². The Morgan fingerprint density at radius 1 is 1.21 bits per heavy atom. The summed E-state index contributed by atoms with van der Waals surface area (Å²) in [7, 11) is 0. The first kappa shape index (κ1) is 15.4. The monoisotopic (exact) mass is 357 g/mol. The SMILES string of the molecule is O=C(Nc1nc2ccc(Cl)cc2s1)N1CCCCc2ccccc21. The molecule has 0 atom stereocenters. The second-order valence-electron chi connectivity index (χ2n) is 5.80. The molecule has 0 bridgehead atoms. The van der Waals surface area contributed by atoms with Crippen molar-refractivity contribution in [3.05, 3.63) is 53.1 Å². The Balaban J connectivity index is 1.61. The number of amides is 2. The summed E-state index contributed by atoms with van der Waals surface area (Å²) in [5.41, 5.74) is 3.06. The van der Waals surface area contributed by atoms with Gasteiger partial charge in [-0.1, -0.05) is 41.1 Å². The molecule has 2 aromatic carbocycles. The molecule has 4 rings (SSSR count). The average molecular weight is 358 g/mol. The van der Waals surface area contributed by atoms with Crippen molar-refractivity contribution < 1.29 is 4.79 Å². The smallest absolute Gasteiger partial charge is 0.294 e. The fourth-order valence-corrected chi connectivity index (χ4v) is 4.14. The number of anilines is 2. The Kier molecular flexibility index (Phi) is 4.12. The molecule has 0 saturated heterocycles. The molecule has 1 aliphatic heterocycles. The van der Waals surface area contributed by atoms with Crippen molar-refractivity contribution in [2.75, 3.05) is 16.8 Å². The summed E-state index contributed by atoms with van der Waals surface area (Å²) >= 11 is 7.45. The molecule has 1 N–H and O–H groups in total. The molecule has 2 heterocycles. The number of urea groups is 1. The quantitative estimate of drug-likeness (QED) is 0.640. The Labute approximate surface area is 149 Å². The van der Waals surface area contributed by atoms with Crippen molar-refractivity contribution >= 4 is 50.0 Å². The zero-order valence-electron chi connectivity index (χ0n) is 13.0. The highest BCUT2D eigenvalue weighted by Crippen LogP contribution is 2.30. The van der Waals surface area contributed by atoms with Gasteiger partial charge in [0.25, 0.3) is 0 Å². The van der Waals surface area contributed by atoms with Crippen LogP contribution in [0.3, 0.4) is 0 Å². The predicted octanol–water partition coefficient (Wildman–Crippen LogP) is 5.32. The third-order valence-corrected chi connectivity index (χ3v) is 5.34. The van der Waals surface area contributed by atoms with Crippen LogP contribution in [0.5, 0.6) is 0 Å². The molecule has 0 saturated carbocycles. The van der Waals surface area contributed by atoms with Crippen molar-refractivity contribution in [1.29, 1.82) is 0 Å². The van der Waals surface area contributed by atoms with E-state index >= 15 is 0 Å². The van der Waals surface area contributed by atoms with Crippen molar-refractivity contribution in [2.24, 2.45) is 0 Å². The van der Waals surface area contributed by atoms with E-state index in [2.05, 4.69) is 16.4 Å². The molecule has 2 amide bonds. The molecule has 3 aromatic rings. The maximum atomic E-state index is 12.8. The zero-order chi connectivity index (χ0) is 16.5. The van der Waals surface area contributed by atoms with Gasteiger partial charge in [-0.05, 0) is 49.1 Å². The third-order valence-electron chi connectivity index (χ3n) is 4.17. The number of benzene rings is 2. The topological polar surface area (TPSA) is 45.2 Å². The van der Waals surface area contributed by atoms with E-state index in [1.54, 1.807) is 6.07 Å². The van der Waals surface area contributed by atoms with Gasteiger partial charge in [-0.25, -0.2) is 9.78 Å². The molecule has 1 aromatic heterocycles. The highest BCUT2D eigenvalue weighted by molar-refractivity contribution is 7.22. The Hall–Kier alpha value is -2.11. The molecule has 0 aliphatic carbocycles. The van der Waals surface area contributed by atoms with Crippen molar-refractivity contribution in [3.8, 4) is 0 Å². The molecule has 4 nitrogen and oxygen atoms in total. The number of para-hydroxylation sites is 1. The minimum Gasteiger partial charge on any atom is -0.294 e. The van der Waals surface area contributed by atoms with Crippen LogP contribution >= 0.6 is 22.9 Å². The standard InChI is InChI=1S/C18H16ClN3OS/c19-13-8-9-14-16(11-13)24-17(20-14)21-18(23)22-10-4-3-6-12-5-1-2-7-15(12)22/h1-2,5,7-9,11H,3-4,6,10H2,(H,20,21,23). The molecule has 0 fully saturated rings. The average Bonchev–Trinajstić information content (AvgIpc) is 2.83. The van der Waals surface area contributed by atoms with Crippen LogP contribution in [-0.2, 0) is 6.42 Å².